The summed E-state index contributed by atoms with van der Waals surface area (Å²) in [6.07, 6.45) is 14.3. The van der Waals surface area contributed by atoms with Gasteiger partial charge in [-0.05, 0) is 92.8 Å². The molecule has 0 aromatic carbocycles. The SMILES string of the molecule is CC1([C@H](NC(=O)NC2([C@H]3CCCS3(=O)=O)CCCCC2)C(=O)N2C[C@H]3[C@@H]([C@H]2C(=O)NC(CCC2CC2)C(=O)C(=O)NC2CC2)C3(C)C)CCCCC1. The molecule has 7 aliphatic rings. The van der Waals surface area contributed by atoms with Gasteiger partial charge in [0, 0.05) is 12.6 Å². The van der Waals surface area contributed by atoms with E-state index in [1.165, 1.54) is 0 Å². The molecule has 5 amide bonds. The molecule has 0 aromatic rings. The van der Waals surface area contributed by atoms with Crippen LogP contribution in [0.5, 0.6) is 0 Å². The van der Waals surface area contributed by atoms with Gasteiger partial charge in [0.05, 0.1) is 22.6 Å². The van der Waals surface area contributed by atoms with Gasteiger partial charge in [0.15, 0.2) is 9.84 Å². The number of likely N-dealkylation sites (tertiary alicyclic amines) is 1. The van der Waals surface area contributed by atoms with Crippen molar-refractivity contribution in [2.75, 3.05) is 12.3 Å². The highest BCUT2D eigenvalue weighted by Crippen LogP contribution is 2.65. The number of fused-ring (bicyclic) bond motifs is 1. The number of carbonyl (C=O) groups excluding carboxylic acids is 5. The number of sulfone groups is 1. The molecule has 52 heavy (non-hydrogen) atoms. The minimum absolute atomic E-state index is 0.0190. The Kier molecular flexibility index (Phi) is 10.3. The molecule has 0 bridgehead atoms. The van der Waals surface area contributed by atoms with E-state index in [-0.39, 0.29) is 35.0 Å². The summed E-state index contributed by atoms with van der Waals surface area (Å²) >= 11 is 0. The average molecular weight is 744 g/mol. The van der Waals surface area contributed by atoms with Crippen molar-refractivity contribution in [2.24, 2.45) is 28.6 Å². The van der Waals surface area contributed by atoms with Gasteiger partial charge in [0.25, 0.3) is 5.91 Å². The van der Waals surface area contributed by atoms with E-state index in [9.17, 15) is 32.4 Å². The number of urea groups is 1. The number of amides is 5. The quantitative estimate of drug-likeness (QED) is 0.207. The zero-order chi connectivity index (χ0) is 37.1. The van der Waals surface area contributed by atoms with Crippen molar-refractivity contribution in [2.45, 2.75) is 171 Å². The highest BCUT2D eigenvalue weighted by molar-refractivity contribution is 7.92. The molecule has 4 N–H and O–H groups in total. The van der Waals surface area contributed by atoms with Gasteiger partial charge in [-0.15, -0.1) is 0 Å². The van der Waals surface area contributed by atoms with Crippen molar-refractivity contribution < 1.29 is 32.4 Å². The molecular formula is C39H61N5O7S. The largest absolute Gasteiger partial charge is 0.347 e. The maximum atomic E-state index is 15.0. The molecule has 1 unspecified atom stereocenters. The summed E-state index contributed by atoms with van der Waals surface area (Å²) in [5, 5.41) is 11.4. The third-order valence-corrected chi connectivity index (χ3v) is 16.8. The first kappa shape index (κ1) is 37.6. The van der Waals surface area contributed by atoms with E-state index in [2.05, 4.69) is 35.1 Å². The lowest BCUT2D eigenvalue weighted by Gasteiger charge is -2.45. The third kappa shape index (κ3) is 7.50. The molecule has 6 atom stereocenters. The highest BCUT2D eigenvalue weighted by atomic mass is 32.2. The number of nitrogens with zero attached hydrogens (tertiary/aromatic N) is 1. The summed E-state index contributed by atoms with van der Waals surface area (Å²) in [6, 6.07) is -3.21. The minimum atomic E-state index is -3.35. The monoisotopic (exact) mass is 743 g/mol. The Hall–Kier alpha value is -2.70. The zero-order valence-electron chi connectivity index (χ0n) is 31.5. The molecule has 0 radical (unpaired) electrons. The summed E-state index contributed by atoms with van der Waals surface area (Å²) in [5.74, 6) is -1.38. The van der Waals surface area contributed by atoms with Gasteiger partial charge in [-0.25, -0.2) is 13.2 Å². The Morgan fingerprint density at radius 3 is 2.06 bits per heavy atom. The van der Waals surface area contributed by atoms with Gasteiger partial charge in [-0.3, -0.25) is 19.2 Å². The Morgan fingerprint density at radius 2 is 1.46 bits per heavy atom. The van der Waals surface area contributed by atoms with E-state index in [4.69, 9.17) is 0 Å². The predicted octanol–water partition coefficient (Wildman–Crippen LogP) is 3.91. The van der Waals surface area contributed by atoms with Gasteiger partial charge >= 0.3 is 6.03 Å². The van der Waals surface area contributed by atoms with E-state index < -0.39 is 67.8 Å². The van der Waals surface area contributed by atoms with Crippen LogP contribution in [0.25, 0.3) is 0 Å². The molecule has 2 saturated heterocycles. The molecule has 5 saturated carbocycles. The summed E-state index contributed by atoms with van der Waals surface area (Å²) < 4.78 is 26.4. The second kappa shape index (κ2) is 14.2. The molecule has 2 aliphatic heterocycles. The smallest absolute Gasteiger partial charge is 0.315 e. The van der Waals surface area contributed by atoms with Gasteiger partial charge in [0.2, 0.25) is 17.6 Å². The number of hydrogen-bond donors (Lipinski definition) is 4. The number of hydrogen-bond acceptors (Lipinski definition) is 7. The molecule has 7 rings (SSSR count). The fraction of sp³-hybridized carbons (Fsp3) is 0.872. The van der Waals surface area contributed by atoms with E-state index in [0.29, 0.717) is 44.6 Å². The summed E-state index contributed by atoms with van der Waals surface area (Å²) in [6.45, 7) is 6.64. The number of piperidine rings is 1. The van der Waals surface area contributed by atoms with Crippen LogP contribution in [0.3, 0.4) is 0 Å². The van der Waals surface area contributed by atoms with Crippen molar-refractivity contribution >= 4 is 39.4 Å². The number of nitrogens with one attached hydrogen (secondary N) is 4. The van der Waals surface area contributed by atoms with Crippen LogP contribution in [-0.4, -0.2) is 90.1 Å². The van der Waals surface area contributed by atoms with Gasteiger partial charge in [-0.2, -0.15) is 0 Å². The number of carbonyl (C=O) groups is 5. The van der Waals surface area contributed by atoms with Gasteiger partial charge in [0.1, 0.15) is 12.1 Å². The fourth-order valence-corrected chi connectivity index (χ4v) is 13.0. The molecule has 290 valence electrons. The molecule has 2 heterocycles. The van der Waals surface area contributed by atoms with E-state index >= 15 is 0 Å². The number of Topliss-reactive ketones (excluding diaryl/α,β-unsaturated/α-hetero) is 1. The van der Waals surface area contributed by atoms with Crippen LogP contribution < -0.4 is 21.3 Å². The van der Waals surface area contributed by atoms with Crippen molar-refractivity contribution in [1.29, 1.82) is 0 Å². The second-order valence-electron chi connectivity index (χ2n) is 18.5. The normalized spacial score (nSPS) is 32.1. The molecular weight excluding hydrogens is 683 g/mol. The van der Waals surface area contributed by atoms with Crippen molar-refractivity contribution in [3.8, 4) is 0 Å². The standard InChI is InChI=1S/C39H61N5O7S/c1-37(2)26-23-44(30(29(26)37)33(46)41-27(17-14-24-12-13-24)31(45)34(47)40-25-15-16-25)35(48)32(38(3)18-6-4-7-19-38)42-36(49)43-39(20-8-5-9-21-39)28-11-10-22-52(28,50)51/h24-30,32H,4-23H2,1-3H3,(H,40,47)(H,41,46)(H2,42,43,49)/t26-,27?,28+,29-,30-,32+/m0/s1. The Balaban J connectivity index is 1.12. The van der Waals surface area contributed by atoms with E-state index in [0.717, 1.165) is 83.5 Å². The molecule has 0 spiro atoms. The first-order valence-electron chi connectivity index (χ1n) is 20.4. The first-order valence-corrected chi connectivity index (χ1v) is 22.1. The Morgan fingerprint density at radius 1 is 0.808 bits per heavy atom. The molecule has 5 aliphatic carbocycles. The maximum Gasteiger partial charge on any atom is 0.315 e. The van der Waals surface area contributed by atoms with Crippen LogP contribution in [0, 0.1) is 28.6 Å². The van der Waals surface area contributed by atoms with Crippen LogP contribution >= 0.6 is 0 Å². The minimum Gasteiger partial charge on any atom is -0.347 e. The Bertz CT molecular complexity index is 1540. The van der Waals surface area contributed by atoms with Crippen molar-refractivity contribution in [3.63, 3.8) is 0 Å². The van der Waals surface area contributed by atoms with Gasteiger partial charge in [-0.1, -0.05) is 72.1 Å². The molecule has 13 heteroatoms. The van der Waals surface area contributed by atoms with Crippen LogP contribution in [0.2, 0.25) is 0 Å². The van der Waals surface area contributed by atoms with Crippen molar-refractivity contribution in [3.05, 3.63) is 0 Å². The zero-order valence-corrected chi connectivity index (χ0v) is 32.3. The van der Waals surface area contributed by atoms with Crippen LogP contribution in [0.15, 0.2) is 0 Å². The number of ketones is 1. The fourth-order valence-electron chi connectivity index (χ4n) is 10.7. The van der Waals surface area contributed by atoms with E-state index in [1.54, 1.807) is 4.90 Å². The van der Waals surface area contributed by atoms with Crippen LogP contribution in [0.1, 0.15) is 136 Å². The molecule has 12 nitrogen and oxygen atoms in total. The lowest BCUT2D eigenvalue weighted by atomic mass is 9.70. The van der Waals surface area contributed by atoms with Crippen LogP contribution in [-0.2, 0) is 29.0 Å². The van der Waals surface area contributed by atoms with E-state index in [1.807, 2.05) is 6.92 Å². The average Bonchev–Trinajstić information content (AvgIpc) is 4.07. The maximum absolute atomic E-state index is 15.0. The predicted molar refractivity (Wildman–Crippen MR) is 196 cm³/mol. The van der Waals surface area contributed by atoms with Crippen molar-refractivity contribution in [1.82, 2.24) is 26.2 Å². The number of rotatable bonds is 13. The first-order chi connectivity index (χ1) is 24.7. The summed E-state index contributed by atoms with van der Waals surface area (Å²) in [4.78, 5) is 71.4. The topological polar surface area (TPSA) is 171 Å². The second-order valence-corrected chi connectivity index (χ2v) is 20.8. The molecule has 7 fully saturated rings. The van der Waals surface area contributed by atoms with Crippen LogP contribution in [0.4, 0.5) is 4.79 Å². The highest BCUT2D eigenvalue weighted by Gasteiger charge is 2.70. The summed E-state index contributed by atoms with van der Waals surface area (Å²) in [7, 11) is -3.35. The lowest BCUT2D eigenvalue weighted by molar-refractivity contribution is -0.146. The molecule has 0 aromatic heterocycles. The Labute approximate surface area is 309 Å². The lowest BCUT2D eigenvalue weighted by Crippen LogP contribution is -2.66. The third-order valence-electron chi connectivity index (χ3n) is 14.4. The summed E-state index contributed by atoms with van der Waals surface area (Å²) in [5.41, 5.74) is -1.60. The van der Waals surface area contributed by atoms with Gasteiger partial charge < -0.3 is 26.2 Å².